The van der Waals surface area contributed by atoms with Crippen molar-refractivity contribution in [2.75, 3.05) is 0 Å². The number of nitrogens with zero attached hydrogens (tertiary/aromatic N) is 3. The van der Waals surface area contributed by atoms with Crippen molar-refractivity contribution in [3.8, 4) is 6.07 Å². The number of hydrogen-bond donors (Lipinski definition) is 1. The number of aliphatic hydroxyl groups is 1. The third-order valence-electron chi connectivity index (χ3n) is 6.18. The van der Waals surface area contributed by atoms with E-state index in [0.717, 1.165) is 57.5 Å². The summed E-state index contributed by atoms with van der Waals surface area (Å²) in [6, 6.07) is 26.9. The first-order chi connectivity index (χ1) is 16.3. The number of aromatic nitrogens is 2. The maximum absolute atomic E-state index is 10.7. The molecule has 4 aromatic rings. The smallest absolute Gasteiger partial charge is 0.110 e. The van der Waals surface area contributed by atoms with Gasteiger partial charge in [-0.1, -0.05) is 73.7 Å². The number of para-hydroxylation sites is 1. The van der Waals surface area contributed by atoms with Crippen LogP contribution in [0.2, 0.25) is 0 Å². The molecule has 0 saturated heterocycles. The summed E-state index contributed by atoms with van der Waals surface area (Å²) in [5.41, 5.74) is 6.70. The van der Waals surface area contributed by atoms with Gasteiger partial charge >= 0.3 is 0 Å². The lowest BCUT2D eigenvalue weighted by Crippen LogP contribution is -2.16. The van der Waals surface area contributed by atoms with Crippen LogP contribution in [0, 0.1) is 11.3 Å². The van der Waals surface area contributed by atoms with Gasteiger partial charge in [-0.15, -0.1) is 0 Å². The third-order valence-corrected chi connectivity index (χ3v) is 6.18. The molecular weight excluding hydrogens is 418 g/mol. The van der Waals surface area contributed by atoms with Crippen LogP contribution in [-0.4, -0.2) is 14.7 Å². The van der Waals surface area contributed by atoms with E-state index in [4.69, 9.17) is 4.98 Å². The second-order valence-corrected chi connectivity index (χ2v) is 9.27. The summed E-state index contributed by atoms with van der Waals surface area (Å²) in [7, 11) is 0. The van der Waals surface area contributed by atoms with Crippen LogP contribution in [0.4, 0.5) is 0 Å². The highest BCUT2D eigenvalue weighted by molar-refractivity contribution is 5.84. The van der Waals surface area contributed by atoms with Gasteiger partial charge in [0, 0.05) is 29.7 Å². The number of aryl methyl sites for hydroxylation is 1. The lowest BCUT2D eigenvalue weighted by molar-refractivity contribution is 0.0800. The Kier molecular flexibility index (Phi) is 6.68. The van der Waals surface area contributed by atoms with Crippen LogP contribution in [0.3, 0.4) is 0 Å². The molecule has 0 atom stereocenters. The molecule has 0 bridgehead atoms. The van der Waals surface area contributed by atoms with Crippen molar-refractivity contribution in [1.82, 2.24) is 9.55 Å². The molecule has 0 amide bonds. The van der Waals surface area contributed by atoms with Crippen LogP contribution in [0.15, 0.2) is 78.4 Å². The largest absolute Gasteiger partial charge is 0.386 e. The normalized spacial score (nSPS) is 12.5. The van der Waals surface area contributed by atoms with E-state index >= 15 is 0 Å². The Hall–Kier alpha value is -3.68. The average Bonchev–Trinajstić information content (AvgIpc) is 3.17. The first kappa shape index (κ1) is 23.5. The van der Waals surface area contributed by atoms with Gasteiger partial charge in [-0.2, -0.15) is 5.26 Å². The maximum Gasteiger partial charge on any atom is 0.110 e. The lowest BCUT2D eigenvalue weighted by atomic mass is 9.93. The molecule has 1 aromatic heterocycles. The highest BCUT2D eigenvalue weighted by Gasteiger charge is 2.22. The van der Waals surface area contributed by atoms with E-state index in [-0.39, 0.29) is 0 Å². The van der Waals surface area contributed by atoms with Crippen molar-refractivity contribution in [1.29, 1.82) is 5.26 Å². The van der Waals surface area contributed by atoms with Crippen LogP contribution < -0.4 is 0 Å². The number of benzene rings is 3. The third kappa shape index (κ3) is 4.66. The van der Waals surface area contributed by atoms with Crippen LogP contribution in [-0.2, 0) is 18.6 Å². The fourth-order valence-corrected chi connectivity index (χ4v) is 4.50. The maximum atomic E-state index is 10.7. The monoisotopic (exact) mass is 449 g/mol. The van der Waals surface area contributed by atoms with Crippen molar-refractivity contribution < 1.29 is 5.11 Å². The van der Waals surface area contributed by atoms with E-state index in [1.165, 1.54) is 0 Å². The van der Waals surface area contributed by atoms with Crippen LogP contribution in [0.1, 0.15) is 62.2 Å². The van der Waals surface area contributed by atoms with Crippen LogP contribution in [0.5, 0.6) is 0 Å². The molecule has 0 aliphatic heterocycles. The zero-order chi connectivity index (χ0) is 24.3. The molecule has 0 aliphatic carbocycles. The minimum atomic E-state index is -0.956. The minimum Gasteiger partial charge on any atom is -0.386 e. The van der Waals surface area contributed by atoms with Gasteiger partial charge in [0.15, 0.2) is 0 Å². The van der Waals surface area contributed by atoms with Gasteiger partial charge in [-0.25, -0.2) is 4.98 Å². The Bertz CT molecular complexity index is 1370. The molecule has 0 saturated carbocycles. The van der Waals surface area contributed by atoms with Crippen molar-refractivity contribution in [2.45, 2.75) is 52.7 Å². The molecule has 4 nitrogen and oxygen atoms in total. The number of allylic oxidation sites excluding steroid dienone is 1. The second kappa shape index (κ2) is 9.67. The van der Waals surface area contributed by atoms with Crippen molar-refractivity contribution in [3.05, 3.63) is 106 Å². The molecule has 172 valence electrons. The van der Waals surface area contributed by atoms with E-state index in [1.807, 2.05) is 49.4 Å². The highest BCUT2D eigenvalue weighted by Crippen LogP contribution is 2.30. The first-order valence-electron chi connectivity index (χ1n) is 11.8. The average molecular weight is 450 g/mol. The summed E-state index contributed by atoms with van der Waals surface area (Å²) < 4.78 is 2.26. The van der Waals surface area contributed by atoms with E-state index in [2.05, 4.69) is 47.9 Å². The summed E-state index contributed by atoms with van der Waals surface area (Å²) in [6.07, 6.45) is 1.87. The standard InChI is InChI=1S/C30H31N3O/c1-5-10-27-32-29-25(30(3,4)34)13-9-14-26(29)33(27)20-22-15-17-24(18-16-22)28(21(2)19-31)23-11-7-6-8-12-23/h6-9,11-18,34H,5,10,20H2,1-4H3/b28-21+. The molecule has 1 heterocycles. The van der Waals surface area contributed by atoms with Gasteiger partial charge in [0.05, 0.1) is 22.7 Å². The van der Waals surface area contributed by atoms with Gasteiger partial charge in [0.2, 0.25) is 0 Å². The summed E-state index contributed by atoms with van der Waals surface area (Å²) in [5.74, 6) is 1.03. The molecule has 1 N–H and O–H groups in total. The van der Waals surface area contributed by atoms with E-state index < -0.39 is 5.60 Å². The SMILES string of the molecule is CCCc1nc2c(C(C)(C)O)cccc2n1Cc1ccc(/C(=C(\C)C#N)c2ccccc2)cc1. The summed E-state index contributed by atoms with van der Waals surface area (Å²) in [5, 5.41) is 20.3. The van der Waals surface area contributed by atoms with E-state index in [0.29, 0.717) is 12.1 Å². The fourth-order valence-electron chi connectivity index (χ4n) is 4.50. The number of fused-ring (bicyclic) bond motifs is 1. The zero-order valence-electron chi connectivity index (χ0n) is 20.3. The Morgan fingerprint density at radius 2 is 1.65 bits per heavy atom. The first-order valence-corrected chi connectivity index (χ1v) is 11.8. The van der Waals surface area contributed by atoms with Crippen molar-refractivity contribution >= 4 is 16.6 Å². The molecule has 0 aliphatic rings. The van der Waals surface area contributed by atoms with Gasteiger partial charge in [-0.05, 0) is 49.9 Å². The molecule has 4 heteroatoms. The molecule has 34 heavy (non-hydrogen) atoms. The topological polar surface area (TPSA) is 61.8 Å². The zero-order valence-corrected chi connectivity index (χ0v) is 20.3. The number of nitriles is 1. The van der Waals surface area contributed by atoms with Gasteiger partial charge in [0.1, 0.15) is 5.82 Å². The Morgan fingerprint density at radius 3 is 2.26 bits per heavy atom. The molecule has 3 aromatic carbocycles. The van der Waals surface area contributed by atoms with Crippen LogP contribution >= 0.6 is 0 Å². The van der Waals surface area contributed by atoms with Gasteiger partial charge in [0.25, 0.3) is 0 Å². The van der Waals surface area contributed by atoms with Crippen LogP contribution in [0.25, 0.3) is 16.6 Å². The van der Waals surface area contributed by atoms with Crippen molar-refractivity contribution in [3.63, 3.8) is 0 Å². The quantitative estimate of drug-likeness (QED) is 0.323. The number of hydrogen-bond acceptors (Lipinski definition) is 3. The molecule has 4 rings (SSSR count). The van der Waals surface area contributed by atoms with Crippen molar-refractivity contribution in [2.24, 2.45) is 0 Å². The summed E-state index contributed by atoms with van der Waals surface area (Å²) in [4.78, 5) is 4.94. The Morgan fingerprint density at radius 1 is 0.971 bits per heavy atom. The predicted octanol–water partition coefficient (Wildman–Crippen LogP) is 6.61. The minimum absolute atomic E-state index is 0.697. The summed E-state index contributed by atoms with van der Waals surface area (Å²) in [6.45, 7) is 8.33. The van der Waals surface area contributed by atoms with E-state index in [1.54, 1.807) is 13.8 Å². The molecule has 0 radical (unpaired) electrons. The Labute approximate surface area is 201 Å². The van der Waals surface area contributed by atoms with Gasteiger partial charge < -0.3 is 9.67 Å². The second-order valence-electron chi connectivity index (χ2n) is 9.27. The van der Waals surface area contributed by atoms with Gasteiger partial charge in [-0.3, -0.25) is 0 Å². The fraction of sp³-hybridized carbons (Fsp3) is 0.267. The highest BCUT2D eigenvalue weighted by atomic mass is 16.3. The number of rotatable bonds is 7. The predicted molar refractivity (Wildman–Crippen MR) is 138 cm³/mol. The molecular formula is C30H31N3O. The number of imidazole rings is 1. The Balaban J connectivity index is 1.74. The summed E-state index contributed by atoms with van der Waals surface area (Å²) >= 11 is 0. The molecule has 0 spiro atoms. The van der Waals surface area contributed by atoms with E-state index in [9.17, 15) is 10.4 Å². The lowest BCUT2D eigenvalue weighted by Gasteiger charge is -2.18. The molecule has 0 unspecified atom stereocenters. The molecule has 0 fully saturated rings.